The van der Waals surface area contributed by atoms with Gasteiger partial charge in [-0.1, -0.05) is 25.1 Å². The van der Waals surface area contributed by atoms with Gasteiger partial charge in [-0.3, -0.25) is 4.79 Å². The van der Waals surface area contributed by atoms with Crippen LogP contribution in [0.2, 0.25) is 0 Å². The van der Waals surface area contributed by atoms with Crippen LogP contribution in [0.25, 0.3) is 11.0 Å². The number of hydrogen-bond donors (Lipinski definition) is 1. The minimum atomic E-state index is -0.114. The van der Waals surface area contributed by atoms with Crippen LogP contribution in [-0.4, -0.2) is 23.9 Å². The number of benzene rings is 1. The van der Waals surface area contributed by atoms with Gasteiger partial charge in [-0.05, 0) is 13.0 Å². The average molecular weight is 311 g/mol. The first-order valence-electron chi connectivity index (χ1n) is 7.01. The van der Waals surface area contributed by atoms with E-state index in [0.717, 1.165) is 28.7 Å². The molecule has 1 amide bonds. The lowest BCUT2D eigenvalue weighted by Gasteiger charge is -2.18. The number of aryl methyl sites for hydroxylation is 1. The normalized spacial score (nSPS) is 12.0. The molecule has 0 saturated heterocycles. The fraction of sp³-hybridized carbons (Fsp3) is 0.438. The van der Waals surface area contributed by atoms with Crippen molar-refractivity contribution in [2.45, 2.75) is 39.3 Å². The maximum absolute atomic E-state index is 12.0. The van der Waals surface area contributed by atoms with Gasteiger partial charge in [0.2, 0.25) is 5.91 Å². The van der Waals surface area contributed by atoms with Gasteiger partial charge in [0.25, 0.3) is 0 Å². The van der Waals surface area contributed by atoms with Crippen molar-refractivity contribution < 1.29 is 9.21 Å². The molecule has 0 saturated carbocycles. The summed E-state index contributed by atoms with van der Waals surface area (Å²) in [6.07, 6.45) is 1.19. The first-order valence-corrected chi connectivity index (χ1v) is 7.01. The number of rotatable bonds is 5. The summed E-state index contributed by atoms with van der Waals surface area (Å²) in [6.45, 7) is 4.47. The molecule has 1 atom stereocenters. The van der Waals surface area contributed by atoms with Crippen molar-refractivity contribution in [2.75, 3.05) is 7.05 Å². The number of fused-ring (bicyclic) bond motifs is 1. The minimum Gasteiger partial charge on any atom is -0.461 e. The number of nitrogens with two attached hydrogens (primary N) is 1. The van der Waals surface area contributed by atoms with E-state index < -0.39 is 0 Å². The SMILES string of the molecule is CCc1oc2ccccc2c1CN(C)C(=O)CC(C)N.Cl. The molecule has 1 aromatic carbocycles. The number of halogens is 1. The minimum absolute atomic E-state index is 0. The zero-order valence-corrected chi connectivity index (χ0v) is 13.6. The van der Waals surface area contributed by atoms with E-state index in [1.165, 1.54) is 0 Å². The Morgan fingerprint density at radius 2 is 2.05 bits per heavy atom. The molecule has 0 fully saturated rings. The maximum Gasteiger partial charge on any atom is 0.224 e. The molecular weight excluding hydrogens is 288 g/mol. The van der Waals surface area contributed by atoms with Crippen molar-refractivity contribution >= 4 is 29.3 Å². The number of furan rings is 1. The van der Waals surface area contributed by atoms with Crippen LogP contribution in [0.1, 0.15) is 31.6 Å². The van der Waals surface area contributed by atoms with Crippen LogP contribution in [0.5, 0.6) is 0 Å². The number of nitrogens with zero attached hydrogens (tertiary/aromatic N) is 1. The molecule has 2 rings (SSSR count). The summed E-state index contributed by atoms with van der Waals surface area (Å²) >= 11 is 0. The molecule has 116 valence electrons. The summed E-state index contributed by atoms with van der Waals surface area (Å²) in [5, 5.41) is 1.09. The molecule has 0 radical (unpaired) electrons. The third kappa shape index (κ3) is 3.99. The molecule has 21 heavy (non-hydrogen) atoms. The highest BCUT2D eigenvalue weighted by atomic mass is 35.5. The molecule has 0 spiro atoms. The van der Waals surface area contributed by atoms with Crippen LogP contribution in [0, 0.1) is 0 Å². The average Bonchev–Trinajstić information content (AvgIpc) is 2.76. The van der Waals surface area contributed by atoms with Crippen LogP contribution in [0.4, 0.5) is 0 Å². The molecule has 1 unspecified atom stereocenters. The second-order valence-electron chi connectivity index (χ2n) is 5.28. The first kappa shape index (κ1) is 17.5. The Hall–Kier alpha value is -1.52. The zero-order valence-electron chi connectivity index (χ0n) is 12.8. The molecule has 5 heteroatoms. The first-order chi connectivity index (χ1) is 9.52. The van der Waals surface area contributed by atoms with Crippen molar-refractivity contribution in [3.05, 3.63) is 35.6 Å². The zero-order chi connectivity index (χ0) is 14.7. The molecule has 0 aliphatic rings. The maximum atomic E-state index is 12.0. The van der Waals surface area contributed by atoms with Crippen LogP contribution >= 0.6 is 12.4 Å². The summed E-state index contributed by atoms with van der Waals surface area (Å²) in [7, 11) is 1.81. The van der Waals surface area contributed by atoms with Gasteiger partial charge in [0, 0.05) is 43.4 Å². The van der Waals surface area contributed by atoms with Gasteiger partial charge < -0.3 is 15.1 Å². The van der Waals surface area contributed by atoms with E-state index in [4.69, 9.17) is 10.2 Å². The van der Waals surface area contributed by atoms with Gasteiger partial charge in [0.15, 0.2) is 0 Å². The van der Waals surface area contributed by atoms with E-state index >= 15 is 0 Å². The Morgan fingerprint density at radius 3 is 2.67 bits per heavy atom. The molecular formula is C16H23ClN2O2. The number of hydrogen-bond acceptors (Lipinski definition) is 3. The quantitative estimate of drug-likeness (QED) is 0.923. The van der Waals surface area contributed by atoms with E-state index in [-0.39, 0.29) is 24.4 Å². The molecule has 2 N–H and O–H groups in total. The van der Waals surface area contributed by atoms with Gasteiger partial charge in [-0.2, -0.15) is 0 Å². The summed E-state index contributed by atoms with van der Waals surface area (Å²) < 4.78 is 5.85. The Labute approximate surface area is 131 Å². The van der Waals surface area contributed by atoms with Crippen molar-refractivity contribution in [1.29, 1.82) is 0 Å². The predicted molar refractivity (Wildman–Crippen MR) is 87.6 cm³/mol. The largest absolute Gasteiger partial charge is 0.461 e. The molecule has 4 nitrogen and oxygen atoms in total. The molecule has 0 aliphatic carbocycles. The monoisotopic (exact) mass is 310 g/mol. The fourth-order valence-corrected chi connectivity index (χ4v) is 2.37. The Balaban J connectivity index is 0.00000220. The van der Waals surface area contributed by atoms with E-state index in [2.05, 4.69) is 6.92 Å². The molecule has 0 bridgehead atoms. The number of carbonyl (C=O) groups is 1. The third-order valence-electron chi connectivity index (χ3n) is 3.42. The molecule has 2 aromatic rings. The van der Waals surface area contributed by atoms with Crippen molar-refractivity contribution in [2.24, 2.45) is 5.73 Å². The van der Waals surface area contributed by atoms with Gasteiger partial charge in [0.1, 0.15) is 11.3 Å². The summed E-state index contributed by atoms with van der Waals surface area (Å²) in [5.41, 5.74) is 7.67. The highest BCUT2D eigenvalue weighted by Gasteiger charge is 2.17. The Kier molecular flexibility index (Phi) is 6.24. The van der Waals surface area contributed by atoms with Gasteiger partial charge >= 0.3 is 0 Å². The topological polar surface area (TPSA) is 59.5 Å². The van der Waals surface area contributed by atoms with Crippen molar-refractivity contribution in [3.8, 4) is 0 Å². The third-order valence-corrected chi connectivity index (χ3v) is 3.42. The summed E-state index contributed by atoms with van der Waals surface area (Å²) in [4.78, 5) is 13.8. The van der Waals surface area contributed by atoms with Gasteiger partial charge in [-0.15, -0.1) is 12.4 Å². The predicted octanol–water partition coefficient (Wildman–Crippen LogP) is 3.11. The Morgan fingerprint density at radius 1 is 1.38 bits per heavy atom. The fourth-order valence-electron chi connectivity index (χ4n) is 2.37. The van der Waals surface area contributed by atoms with Gasteiger partial charge in [-0.25, -0.2) is 0 Å². The highest BCUT2D eigenvalue weighted by Crippen LogP contribution is 2.27. The number of amides is 1. The van der Waals surface area contributed by atoms with E-state index in [0.29, 0.717) is 13.0 Å². The van der Waals surface area contributed by atoms with Crippen LogP contribution < -0.4 is 5.73 Å². The second kappa shape index (κ2) is 7.48. The van der Waals surface area contributed by atoms with Crippen LogP contribution in [-0.2, 0) is 17.8 Å². The molecule has 0 aliphatic heterocycles. The lowest BCUT2D eigenvalue weighted by molar-refractivity contribution is -0.130. The van der Waals surface area contributed by atoms with E-state index in [9.17, 15) is 4.79 Å². The van der Waals surface area contributed by atoms with Crippen LogP contribution in [0.3, 0.4) is 0 Å². The molecule has 1 aromatic heterocycles. The number of para-hydroxylation sites is 1. The lowest BCUT2D eigenvalue weighted by atomic mass is 10.1. The highest BCUT2D eigenvalue weighted by molar-refractivity contribution is 5.85. The van der Waals surface area contributed by atoms with Gasteiger partial charge in [0.05, 0.1) is 0 Å². The number of carbonyl (C=O) groups excluding carboxylic acids is 1. The summed E-state index contributed by atoms with van der Waals surface area (Å²) in [5.74, 6) is 1.01. The van der Waals surface area contributed by atoms with E-state index in [1.807, 2.05) is 38.2 Å². The lowest BCUT2D eigenvalue weighted by Crippen LogP contribution is -2.31. The van der Waals surface area contributed by atoms with E-state index in [1.54, 1.807) is 4.90 Å². The Bertz CT molecular complexity index is 607. The molecule has 1 heterocycles. The second-order valence-corrected chi connectivity index (χ2v) is 5.28. The van der Waals surface area contributed by atoms with Crippen molar-refractivity contribution in [3.63, 3.8) is 0 Å². The standard InChI is InChI=1S/C16H22N2O2.ClH/c1-4-14-13(10-18(3)16(19)9-11(2)17)12-7-5-6-8-15(12)20-14;/h5-8,11H,4,9-10,17H2,1-3H3;1H. The van der Waals surface area contributed by atoms with Crippen LogP contribution in [0.15, 0.2) is 28.7 Å². The smallest absolute Gasteiger partial charge is 0.224 e. The van der Waals surface area contributed by atoms with Crippen molar-refractivity contribution in [1.82, 2.24) is 4.90 Å². The summed E-state index contributed by atoms with van der Waals surface area (Å²) in [6, 6.07) is 7.83.